The zero-order valence-corrected chi connectivity index (χ0v) is 33.4. The molecular weight excluding hydrogens is 699 g/mol. The first-order chi connectivity index (χ1) is 28.5. The molecule has 1 heteroatoms. The molecule has 0 radical (unpaired) electrons. The number of allylic oxidation sites excluding steroid dienone is 16. The summed E-state index contributed by atoms with van der Waals surface area (Å²) in [6, 6.07) is 46.1. The van der Waals surface area contributed by atoms with Crippen molar-refractivity contribution in [2.24, 2.45) is 5.92 Å². The number of rotatable bonds is 12. The molecule has 5 aromatic rings. The van der Waals surface area contributed by atoms with Crippen molar-refractivity contribution in [1.82, 2.24) is 0 Å². The zero-order valence-electron chi connectivity index (χ0n) is 33.4. The van der Waals surface area contributed by atoms with Crippen LogP contribution in [-0.4, -0.2) is 0 Å². The van der Waals surface area contributed by atoms with E-state index in [1.807, 2.05) is 25.2 Å². The second kappa shape index (κ2) is 17.0. The average Bonchev–Trinajstić information content (AvgIpc) is 3.62. The molecule has 3 aliphatic rings. The van der Waals surface area contributed by atoms with E-state index in [0.717, 1.165) is 40.1 Å². The van der Waals surface area contributed by atoms with Gasteiger partial charge >= 0.3 is 0 Å². The number of anilines is 1. The lowest BCUT2D eigenvalue weighted by Gasteiger charge is -2.30. The topological polar surface area (TPSA) is 3.24 Å². The number of hydrogen-bond acceptors (Lipinski definition) is 1. The van der Waals surface area contributed by atoms with E-state index in [4.69, 9.17) is 0 Å². The third-order valence-electron chi connectivity index (χ3n) is 11.5. The molecule has 0 aromatic heterocycles. The van der Waals surface area contributed by atoms with E-state index < -0.39 is 5.41 Å². The van der Waals surface area contributed by atoms with Crippen LogP contribution in [0.4, 0.5) is 5.69 Å². The van der Waals surface area contributed by atoms with Crippen molar-refractivity contribution in [1.29, 1.82) is 0 Å². The fourth-order valence-corrected chi connectivity index (χ4v) is 8.39. The molecule has 1 unspecified atom stereocenters. The molecule has 3 aliphatic carbocycles. The molecule has 58 heavy (non-hydrogen) atoms. The van der Waals surface area contributed by atoms with Crippen LogP contribution >= 0.6 is 0 Å². The van der Waals surface area contributed by atoms with Crippen molar-refractivity contribution in [2.45, 2.75) is 25.7 Å². The molecule has 0 heterocycles. The highest BCUT2D eigenvalue weighted by molar-refractivity contribution is 5.87. The molecule has 0 saturated carbocycles. The summed E-state index contributed by atoms with van der Waals surface area (Å²) in [5.74, 6) is 0.439. The minimum Gasteiger partial charge on any atom is -0.318 e. The van der Waals surface area contributed by atoms with Crippen molar-refractivity contribution in [3.05, 3.63) is 275 Å². The van der Waals surface area contributed by atoms with Crippen molar-refractivity contribution in [2.75, 3.05) is 4.90 Å². The quantitative estimate of drug-likeness (QED) is 0.115. The Morgan fingerprint density at radius 1 is 0.741 bits per heavy atom. The second-order valence-corrected chi connectivity index (χ2v) is 15.1. The van der Waals surface area contributed by atoms with Crippen LogP contribution in [0.25, 0.3) is 28.3 Å². The molecule has 0 saturated heterocycles. The summed E-state index contributed by atoms with van der Waals surface area (Å²) in [6.45, 7) is 13.0. The lowest BCUT2D eigenvalue weighted by molar-refractivity contribution is 0.794. The van der Waals surface area contributed by atoms with Gasteiger partial charge in [0.1, 0.15) is 0 Å². The number of fused-ring (bicyclic) bond motifs is 3. The predicted octanol–water partition coefficient (Wildman–Crippen LogP) is 12.9. The van der Waals surface area contributed by atoms with Gasteiger partial charge in [0.25, 0.3) is 0 Å². The van der Waals surface area contributed by atoms with Gasteiger partial charge in [-0.3, -0.25) is 0 Å². The molecule has 0 N–H and O–H groups in total. The SMILES string of the molecule is C=C(/C=C\C=C\N(C(=C)/C=C\C1=CC(c2ccccc2)(c2ccccc2)c2ccccc21)c1cccc(-c2ccc3c(c2)=C2C=CC=CC2CC=3)c1)/C(C)=C/C=C\C. The molecule has 0 spiro atoms. The summed E-state index contributed by atoms with van der Waals surface area (Å²) in [4.78, 5) is 2.17. The molecule has 0 bridgehead atoms. The second-order valence-electron chi connectivity index (χ2n) is 15.1. The van der Waals surface area contributed by atoms with Crippen molar-refractivity contribution in [3.63, 3.8) is 0 Å². The first-order valence-electron chi connectivity index (χ1n) is 20.2. The standard InChI is InChI=1S/C57H49N/c1-5-6-20-42(2)43(3)21-17-18-38-58(52-28-19-23-47(39-52)48-37-36-46-35-34-45-22-13-14-29-53(45)55(46)40-48)44(4)32-33-49-41-57(50-24-9-7-10-25-50,51-26-11-8-12-27-51)56-31-16-15-30-54(49)56/h5-33,35-41,45H,3-4,34H2,1-2H3/b6-5-,21-17-,33-32-,38-18+,42-20+. The van der Waals surface area contributed by atoms with E-state index in [9.17, 15) is 0 Å². The summed E-state index contributed by atoms with van der Waals surface area (Å²) in [6.07, 6.45) is 33.6. The first kappa shape index (κ1) is 37.9. The molecular formula is C57H49N. The van der Waals surface area contributed by atoms with Crippen LogP contribution in [-0.2, 0) is 5.41 Å². The third kappa shape index (κ3) is 7.60. The Balaban J connectivity index is 1.18. The fourth-order valence-electron chi connectivity index (χ4n) is 8.39. The van der Waals surface area contributed by atoms with Gasteiger partial charge in [-0.15, -0.1) is 0 Å². The average molecular weight is 748 g/mol. The Bertz CT molecular complexity index is 2700. The number of nitrogens with zero attached hydrogens (tertiary/aromatic N) is 1. The predicted molar refractivity (Wildman–Crippen MR) is 249 cm³/mol. The first-order valence-corrected chi connectivity index (χ1v) is 20.2. The molecule has 0 aliphatic heterocycles. The monoisotopic (exact) mass is 747 g/mol. The van der Waals surface area contributed by atoms with Gasteiger partial charge in [0.2, 0.25) is 0 Å². The van der Waals surface area contributed by atoms with Crippen LogP contribution in [0.3, 0.4) is 0 Å². The van der Waals surface area contributed by atoms with Crippen molar-refractivity contribution in [3.8, 4) is 11.1 Å². The summed E-state index contributed by atoms with van der Waals surface area (Å²) in [7, 11) is 0. The largest absolute Gasteiger partial charge is 0.318 e. The summed E-state index contributed by atoms with van der Waals surface area (Å²) >= 11 is 0. The maximum Gasteiger partial charge on any atom is 0.0647 e. The summed E-state index contributed by atoms with van der Waals surface area (Å²) in [5.41, 5.74) is 13.4. The maximum atomic E-state index is 4.66. The Hall–Kier alpha value is -6.96. The van der Waals surface area contributed by atoms with Gasteiger partial charge < -0.3 is 4.90 Å². The Morgan fingerprint density at radius 3 is 2.26 bits per heavy atom. The highest BCUT2D eigenvalue weighted by Crippen LogP contribution is 2.50. The van der Waals surface area contributed by atoms with Crippen LogP contribution in [0.2, 0.25) is 0 Å². The molecule has 1 nitrogen and oxygen atoms in total. The maximum absolute atomic E-state index is 4.66. The molecule has 5 aromatic carbocycles. The van der Waals surface area contributed by atoms with E-state index in [1.54, 1.807) is 0 Å². The van der Waals surface area contributed by atoms with Gasteiger partial charge in [-0.1, -0.05) is 195 Å². The smallest absolute Gasteiger partial charge is 0.0647 e. The molecule has 282 valence electrons. The third-order valence-corrected chi connectivity index (χ3v) is 11.5. The number of hydrogen-bond donors (Lipinski definition) is 0. The van der Waals surface area contributed by atoms with E-state index in [-0.39, 0.29) is 0 Å². The molecule has 0 amide bonds. The van der Waals surface area contributed by atoms with E-state index in [1.165, 1.54) is 43.8 Å². The van der Waals surface area contributed by atoms with Gasteiger partial charge in [-0.2, -0.15) is 0 Å². The normalized spacial score (nSPS) is 16.7. The van der Waals surface area contributed by atoms with E-state index in [0.29, 0.717) is 5.92 Å². The van der Waals surface area contributed by atoms with Gasteiger partial charge in [0.05, 0.1) is 5.41 Å². The summed E-state index contributed by atoms with van der Waals surface area (Å²) in [5, 5.41) is 2.63. The minimum atomic E-state index is -0.421. The van der Waals surface area contributed by atoms with Crippen LogP contribution in [0, 0.1) is 5.92 Å². The molecule has 0 fully saturated rings. The van der Waals surface area contributed by atoms with Gasteiger partial charge in [0.15, 0.2) is 0 Å². The molecule has 8 rings (SSSR count). The van der Waals surface area contributed by atoms with Gasteiger partial charge in [-0.25, -0.2) is 0 Å². The van der Waals surface area contributed by atoms with Crippen molar-refractivity contribution >= 4 is 22.9 Å². The highest BCUT2D eigenvalue weighted by atomic mass is 15.1. The van der Waals surface area contributed by atoms with E-state index >= 15 is 0 Å². The Kier molecular flexibility index (Phi) is 11.1. The Morgan fingerprint density at radius 2 is 1.48 bits per heavy atom. The fraction of sp³-hybridized carbons (Fsp3) is 0.0877. The van der Waals surface area contributed by atoms with Crippen LogP contribution in [0.1, 0.15) is 42.5 Å². The number of benzene rings is 5. The van der Waals surface area contributed by atoms with Crippen LogP contribution in [0.15, 0.2) is 243 Å². The zero-order chi connectivity index (χ0) is 39.9. The minimum absolute atomic E-state index is 0.421. The van der Waals surface area contributed by atoms with Crippen LogP contribution < -0.4 is 15.3 Å². The van der Waals surface area contributed by atoms with Crippen molar-refractivity contribution < 1.29 is 0 Å². The van der Waals surface area contributed by atoms with E-state index in [2.05, 4.69) is 225 Å². The van der Waals surface area contributed by atoms with Gasteiger partial charge in [-0.05, 0) is 117 Å². The van der Waals surface area contributed by atoms with Gasteiger partial charge in [0, 0.05) is 23.5 Å². The summed E-state index contributed by atoms with van der Waals surface area (Å²) < 4.78 is 0. The lowest BCUT2D eigenvalue weighted by Crippen LogP contribution is -2.32. The highest BCUT2D eigenvalue weighted by Gasteiger charge is 2.40. The molecule has 1 atom stereocenters. The Labute approximate surface area is 344 Å². The van der Waals surface area contributed by atoms with Crippen LogP contribution in [0.5, 0.6) is 0 Å². The lowest BCUT2D eigenvalue weighted by atomic mass is 9.71.